The number of sulfone groups is 1. The Bertz CT molecular complexity index is 488. The van der Waals surface area contributed by atoms with Gasteiger partial charge in [-0.25, -0.2) is 13.2 Å². The molecule has 0 spiro atoms. The van der Waals surface area contributed by atoms with Crippen molar-refractivity contribution in [2.24, 2.45) is 0 Å². The molecule has 1 aromatic rings. The largest absolute Gasteiger partial charge is 0.478 e. The predicted octanol–water partition coefficient (Wildman–Crippen LogP) is 1.34. The first-order chi connectivity index (χ1) is 6.99. The van der Waals surface area contributed by atoms with Crippen LogP contribution in [0.15, 0.2) is 41.8 Å². The molecule has 0 saturated heterocycles. The quantitative estimate of drug-likeness (QED) is 0.786. The van der Waals surface area contributed by atoms with E-state index in [4.69, 9.17) is 5.11 Å². The highest BCUT2D eigenvalue weighted by Crippen LogP contribution is 2.16. The van der Waals surface area contributed by atoms with Crippen LogP contribution < -0.4 is 0 Å². The lowest BCUT2D eigenvalue weighted by molar-refractivity contribution is 0.0692. The Morgan fingerprint density at radius 3 is 2.53 bits per heavy atom. The summed E-state index contributed by atoms with van der Waals surface area (Å²) in [5.74, 6) is -1.52. The van der Waals surface area contributed by atoms with Gasteiger partial charge in [-0.3, -0.25) is 0 Å². The van der Waals surface area contributed by atoms with E-state index in [1.807, 2.05) is 0 Å². The zero-order valence-corrected chi connectivity index (χ0v) is 8.70. The molecule has 5 heteroatoms. The van der Waals surface area contributed by atoms with Crippen molar-refractivity contribution in [3.05, 3.63) is 42.5 Å². The molecular weight excluding hydrogens is 216 g/mol. The molecule has 0 aliphatic carbocycles. The summed E-state index contributed by atoms with van der Waals surface area (Å²) >= 11 is 0. The first-order valence-corrected chi connectivity index (χ1v) is 5.80. The maximum absolute atomic E-state index is 11.6. The highest BCUT2D eigenvalue weighted by atomic mass is 32.2. The molecule has 1 aromatic carbocycles. The van der Waals surface area contributed by atoms with Crippen LogP contribution in [0.2, 0.25) is 0 Å². The molecule has 0 aliphatic rings. The van der Waals surface area contributed by atoms with Gasteiger partial charge in [0.1, 0.15) is 0 Å². The number of carboxylic acid groups (broad SMARTS) is 1. The van der Waals surface area contributed by atoms with Gasteiger partial charge < -0.3 is 5.11 Å². The van der Waals surface area contributed by atoms with Crippen molar-refractivity contribution < 1.29 is 18.3 Å². The molecule has 80 valence electrons. The fourth-order valence-electron chi connectivity index (χ4n) is 1.16. The zero-order chi connectivity index (χ0) is 11.5. The van der Waals surface area contributed by atoms with E-state index in [0.29, 0.717) is 0 Å². The van der Waals surface area contributed by atoms with Crippen molar-refractivity contribution in [3.63, 3.8) is 0 Å². The second-order valence-corrected chi connectivity index (χ2v) is 4.87. The van der Waals surface area contributed by atoms with E-state index in [9.17, 15) is 13.2 Å². The monoisotopic (exact) mass is 226 g/mol. The lowest BCUT2D eigenvalue weighted by Crippen LogP contribution is -2.10. The smallest absolute Gasteiger partial charge is 0.337 e. The first-order valence-electron chi connectivity index (χ1n) is 4.15. The fourth-order valence-corrected chi connectivity index (χ4v) is 2.43. The van der Waals surface area contributed by atoms with Gasteiger partial charge in [0.05, 0.1) is 16.2 Å². The number of carbonyl (C=O) groups is 1. The van der Waals surface area contributed by atoms with Gasteiger partial charge in [0.15, 0.2) is 9.84 Å². The molecule has 0 radical (unpaired) electrons. The number of hydrogen-bond acceptors (Lipinski definition) is 3. The van der Waals surface area contributed by atoms with Crippen LogP contribution in [0.25, 0.3) is 0 Å². The summed E-state index contributed by atoms with van der Waals surface area (Å²) in [5, 5.41) is 8.81. The van der Waals surface area contributed by atoms with E-state index in [-0.39, 0.29) is 16.2 Å². The van der Waals surface area contributed by atoms with Gasteiger partial charge in [-0.1, -0.05) is 18.2 Å². The zero-order valence-electron chi connectivity index (χ0n) is 7.88. The third-order valence-electron chi connectivity index (χ3n) is 1.79. The van der Waals surface area contributed by atoms with Gasteiger partial charge in [-0.05, 0) is 12.1 Å². The van der Waals surface area contributed by atoms with Crippen molar-refractivity contribution in [1.29, 1.82) is 0 Å². The van der Waals surface area contributed by atoms with Crippen LogP contribution in [-0.2, 0) is 9.84 Å². The van der Waals surface area contributed by atoms with Crippen LogP contribution in [0.1, 0.15) is 10.4 Å². The molecule has 0 unspecified atom stereocenters. The van der Waals surface area contributed by atoms with Crippen molar-refractivity contribution >= 4 is 15.8 Å². The Morgan fingerprint density at radius 2 is 2.00 bits per heavy atom. The highest BCUT2D eigenvalue weighted by molar-refractivity contribution is 7.91. The normalized spacial score (nSPS) is 10.9. The number of rotatable bonds is 4. The molecule has 0 aromatic heterocycles. The van der Waals surface area contributed by atoms with Gasteiger partial charge in [0, 0.05) is 0 Å². The highest BCUT2D eigenvalue weighted by Gasteiger charge is 2.20. The van der Waals surface area contributed by atoms with Crippen LogP contribution in [-0.4, -0.2) is 25.2 Å². The molecule has 0 atom stereocenters. The lowest BCUT2D eigenvalue weighted by atomic mass is 10.2. The Labute approximate surface area is 87.8 Å². The first kappa shape index (κ1) is 11.5. The fraction of sp³-hybridized carbons (Fsp3) is 0.100. The van der Waals surface area contributed by atoms with E-state index in [2.05, 4.69) is 6.58 Å². The van der Waals surface area contributed by atoms with Gasteiger partial charge in [-0.15, -0.1) is 6.58 Å². The second-order valence-electron chi connectivity index (χ2n) is 2.87. The minimum absolute atomic E-state index is 0.169. The lowest BCUT2D eigenvalue weighted by Gasteiger charge is -2.04. The number of carboxylic acids is 1. The van der Waals surface area contributed by atoms with Gasteiger partial charge in [0.2, 0.25) is 0 Å². The topological polar surface area (TPSA) is 71.4 Å². The van der Waals surface area contributed by atoms with E-state index in [1.54, 1.807) is 0 Å². The van der Waals surface area contributed by atoms with Crippen molar-refractivity contribution in [2.45, 2.75) is 4.90 Å². The maximum atomic E-state index is 11.6. The summed E-state index contributed by atoms with van der Waals surface area (Å²) in [6.45, 7) is 3.32. The predicted molar refractivity (Wildman–Crippen MR) is 55.7 cm³/mol. The van der Waals surface area contributed by atoms with Crippen LogP contribution in [0.5, 0.6) is 0 Å². The second kappa shape index (κ2) is 4.27. The number of aromatic carboxylic acids is 1. The average Bonchev–Trinajstić information content (AvgIpc) is 2.17. The Hall–Kier alpha value is -1.62. The molecular formula is C10H10O4S. The van der Waals surface area contributed by atoms with E-state index >= 15 is 0 Å². The number of benzene rings is 1. The summed E-state index contributed by atoms with van der Waals surface area (Å²) in [7, 11) is -3.58. The van der Waals surface area contributed by atoms with E-state index < -0.39 is 15.8 Å². The summed E-state index contributed by atoms with van der Waals surface area (Å²) in [6, 6.07) is 5.51. The van der Waals surface area contributed by atoms with Crippen LogP contribution in [0.3, 0.4) is 0 Å². The average molecular weight is 226 g/mol. The summed E-state index contributed by atoms with van der Waals surface area (Å²) < 4.78 is 23.2. The third-order valence-corrected chi connectivity index (χ3v) is 3.49. The molecule has 4 nitrogen and oxygen atoms in total. The van der Waals surface area contributed by atoms with Crippen molar-refractivity contribution in [1.82, 2.24) is 0 Å². The Kier molecular flexibility index (Phi) is 3.26. The molecule has 0 aliphatic heterocycles. The molecule has 15 heavy (non-hydrogen) atoms. The van der Waals surface area contributed by atoms with E-state index in [1.165, 1.54) is 30.3 Å². The molecule has 1 N–H and O–H groups in total. The maximum Gasteiger partial charge on any atom is 0.337 e. The summed E-state index contributed by atoms with van der Waals surface area (Å²) in [5.41, 5.74) is -0.209. The third kappa shape index (κ3) is 2.44. The van der Waals surface area contributed by atoms with Crippen LogP contribution >= 0.6 is 0 Å². The molecule has 0 amide bonds. The Balaban J connectivity index is 3.37. The van der Waals surface area contributed by atoms with Crippen LogP contribution in [0, 0.1) is 0 Å². The van der Waals surface area contributed by atoms with Gasteiger partial charge in [0.25, 0.3) is 0 Å². The molecule has 0 saturated carbocycles. The van der Waals surface area contributed by atoms with Gasteiger partial charge >= 0.3 is 5.97 Å². The van der Waals surface area contributed by atoms with Crippen molar-refractivity contribution in [3.8, 4) is 0 Å². The Morgan fingerprint density at radius 1 is 1.40 bits per heavy atom. The summed E-state index contributed by atoms with van der Waals surface area (Å²) in [4.78, 5) is 10.6. The molecule has 0 bridgehead atoms. The minimum atomic E-state index is -3.58. The molecule has 0 heterocycles. The molecule has 0 fully saturated rings. The standard InChI is InChI=1S/C10H10O4S/c1-2-7-15(13,14)9-6-4-3-5-8(9)10(11)12/h2-6H,1,7H2,(H,11,12). The van der Waals surface area contributed by atoms with Gasteiger partial charge in [-0.2, -0.15) is 0 Å². The SMILES string of the molecule is C=CCS(=O)(=O)c1ccccc1C(=O)O. The summed E-state index contributed by atoms with van der Waals surface area (Å²) in [6.07, 6.45) is 1.23. The number of hydrogen-bond donors (Lipinski definition) is 1. The molecule has 1 rings (SSSR count). The van der Waals surface area contributed by atoms with Crippen LogP contribution in [0.4, 0.5) is 0 Å². The van der Waals surface area contributed by atoms with E-state index in [0.717, 1.165) is 0 Å². The minimum Gasteiger partial charge on any atom is -0.478 e. The van der Waals surface area contributed by atoms with Crippen molar-refractivity contribution in [2.75, 3.05) is 5.75 Å².